The molecule has 0 bridgehead atoms. The lowest BCUT2D eigenvalue weighted by Crippen LogP contribution is -1.94. The van der Waals surface area contributed by atoms with Crippen LogP contribution >= 0.6 is 0 Å². The largest absolute Gasteiger partial charge is 0.490 e. The molecule has 3 aromatic carbocycles. The molecule has 22 heavy (non-hydrogen) atoms. The van der Waals surface area contributed by atoms with Crippen LogP contribution in [0.5, 0.6) is 17.2 Å². The van der Waals surface area contributed by atoms with Gasteiger partial charge in [-0.1, -0.05) is 36.4 Å². The fourth-order valence-corrected chi connectivity index (χ4v) is 2.28. The average molecular weight is 295 g/mol. The minimum atomic E-state index is -0.486. The Bertz CT molecular complexity index is 840. The monoisotopic (exact) mass is 295 g/mol. The van der Waals surface area contributed by atoms with E-state index in [-0.39, 0.29) is 11.4 Å². The third-order valence-electron chi connectivity index (χ3n) is 3.33. The van der Waals surface area contributed by atoms with Crippen molar-refractivity contribution in [2.45, 2.75) is 0 Å². The van der Waals surface area contributed by atoms with Gasteiger partial charge in [-0.2, -0.15) is 0 Å². The molecule has 0 fully saturated rings. The molecule has 110 valence electrons. The molecule has 5 nitrogen and oxygen atoms in total. The summed E-state index contributed by atoms with van der Waals surface area (Å²) < 4.78 is 10.9. The number of methoxy groups -OCH3 is 1. The van der Waals surface area contributed by atoms with Crippen LogP contribution in [0, 0.1) is 10.1 Å². The van der Waals surface area contributed by atoms with E-state index < -0.39 is 4.92 Å². The first kappa shape index (κ1) is 13.9. The molecule has 0 atom stereocenters. The molecule has 0 aromatic heterocycles. The van der Waals surface area contributed by atoms with Crippen LogP contribution in [0.1, 0.15) is 0 Å². The zero-order valence-electron chi connectivity index (χ0n) is 11.9. The number of ether oxygens (including phenoxy) is 2. The lowest BCUT2D eigenvalue weighted by molar-refractivity contribution is -0.385. The molecular formula is C17H13NO4. The van der Waals surface area contributed by atoms with Gasteiger partial charge in [0.2, 0.25) is 5.75 Å². The van der Waals surface area contributed by atoms with E-state index in [1.54, 1.807) is 6.07 Å². The fourth-order valence-electron chi connectivity index (χ4n) is 2.28. The highest BCUT2D eigenvalue weighted by atomic mass is 16.6. The second-order valence-electron chi connectivity index (χ2n) is 4.67. The molecule has 5 heteroatoms. The predicted molar refractivity (Wildman–Crippen MR) is 83.7 cm³/mol. The minimum Gasteiger partial charge on any atom is -0.490 e. The number of nitro benzene ring substituents is 1. The summed E-state index contributed by atoms with van der Waals surface area (Å²) in [5.74, 6) is 1.34. The van der Waals surface area contributed by atoms with Crippen molar-refractivity contribution in [1.29, 1.82) is 0 Å². The molecule has 0 unspecified atom stereocenters. The highest BCUT2D eigenvalue weighted by molar-refractivity contribution is 5.88. The Morgan fingerprint density at radius 3 is 2.50 bits per heavy atom. The zero-order chi connectivity index (χ0) is 15.5. The van der Waals surface area contributed by atoms with Crippen molar-refractivity contribution in [3.8, 4) is 17.2 Å². The Kier molecular flexibility index (Phi) is 3.62. The number of nitro groups is 1. The fraction of sp³-hybridized carbons (Fsp3) is 0.0588. The highest BCUT2D eigenvalue weighted by Crippen LogP contribution is 2.35. The Hall–Kier alpha value is -3.08. The molecule has 0 aliphatic rings. The highest BCUT2D eigenvalue weighted by Gasteiger charge is 2.15. The van der Waals surface area contributed by atoms with Crippen molar-refractivity contribution in [2.24, 2.45) is 0 Å². The third kappa shape index (κ3) is 2.56. The van der Waals surface area contributed by atoms with E-state index >= 15 is 0 Å². The topological polar surface area (TPSA) is 61.6 Å². The summed E-state index contributed by atoms with van der Waals surface area (Å²) in [5.41, 5.74) is -0.0900. The SMILES string of the molecule is COc1cc(Oc2cccc3ccccc23)ccc1[N+](=O)[O-]. The normalized spacial score (nSPS) is 10.4. The summed E-state index contributed by atoms with van der Waals surface area (Å²) in [5, 5.41) is 12.9. The molecule has 0 aliphatic heterocycles. The van der Waals surface area contributed by atoms with Gasteiger partial charge in [0.05, 0.1) is 12.0 Å². The smallest absolute Gasteiger partial charge is 0.311 e. The maximum atomic E-state index is 10.9. The molecule has 3 rings (SSSR count). The van der Waals surface area contributed by atoms with E-state index in [1.807, 2.05) is 42.5 Å². The van der Waals surface area contributed by atoms with Crippen molar-refractivity contribution >= 4 is 16.5 Å². The van der Waals surface area contributed by atoms with Crippen molar-refractivity contribution < 1.29 is 14.4 Å². The lowest BCUT2D eigenvalue weighted by atomic mass is 10.1. The molecule has 0 spiro atoms. The number of hydrogen-bond donors (Lipinski definition) is 0. The van der Waals surface area contributed by atoms with Crippen LogP contribution in [0.4, 0.5) is 5.69 Å². The Morgan fingerprint density at radius 2 is 1.73 bits per heavy atom. The van der Waals surface area contributed by atoms with Crippen LogP contribution < -0.4 is 9.47 Å². The van der Waals surface area contributed by atoms with Gasteiger partial charge >= 0.3 is 5.69 Å². The predicted octanol–water partition coefficient (Wildman–Crippen LogP) is 4.55. The third-order valence-corrected chi connectivity index (χ3v) is 3.33. The van der Waals surface area contributed by atoms with Crippen molar-refractivity contribution in [2.75, 3.05) is 7.11 Å². The van der Waals surface area contributed by atoms with E-state index in [4.69, 9.17) is 9.47 Å². The molecule has 3 aromatic rings. The van der Waals surface area contributed by atoms with E-state index in [9.17, 15) is 10.1 Å². The summed E-state index contributed by atoms with van der Waals surface area (Å²) in [6.07, 6.45) is 0. The summed E-state index contributed by atoms with van der Waals surface area (Å²) in [4.78, 5) is 10.4. The van der Waals surface area contributed by atoms with Gasteiger partial charge in [-0.05, 0) is 17.5 Å². The van der Waals surface area contributed by atoms with Gasteiger partial charge in [0.15, 0.2) is 0 Å². The first-order valence-electron chi connectivity index (χ1n) is 6.67. The van der Waals surface area contributed by atoms with Gasteiger partial charge in [0.1, 0.15) is 11.5 Å². The standard InChI is InChI=1S/C17H13NO4/c1-21-17-11-13(9-10-15(17)18(19)20)22-16-8-4-6-12-5-2-3-7-14(12)16/h2-11H,1H3. The second kappa shape index (κ2) is 5.73. The molecular weight excluding hydrogens is 282 g/mol. The number of nitrogens with zero attached hydrogens (tertiary/aromatic N) is 1. The average Bonchev–Trinajstić information content (AvgIpc) is 2.55. The van der Waals surface area contributed by atoms with Gasteiger partial charge in [-0.15, -0.1) is 0 Å². The van der Waals surface area contributed by atoms with Crippen LogP contribution in [-0.4, -0.2) is 12.0 Å². The van der Waals surface area contributed by atoms with Gasteiger partial charge in [0.25, 0.3) is 0 Å². The van der Waals surface area contributed by atoms with Gasteiger partial charge in [-0.3, -0.25) is 10.1 Å². The van der Waals surface area contributed by atoms with Crippen LogP contribution in [-0.2, 0) is 0 Å². The van der Waals surface area contributed by atoms with E-state index in [1.165, 1.54) is 19.2 Å². The number of rotatable bonds is 4. The summed E-state index contributed by atoms with van der Waals surface area (Å²) in [6, 6.07) is 18.1. The van der Waals surface area contributed by atoms with Crippen LogP contribution in [0.15, 0.2) is 60.7 Å². The van der Waals surface area contributed by atoms with Crippen LogP contribution in [0.2, 0.25) is 0 Å². The van der Waals surface area contributed by atoms with Crippen LogP contribution in [0.3, 0.4) is 0 Å². The summed E-state index contributed by atoms with van der Waals surface area (Å²) in [7, 11) is 1.39. The van der Waals surface area contributed by atoms with E-state index in [0.717, 1.165) is 10.8 Å². The Balaban J connectivity index is 2.00. The zero-order valence-corrected chi connectivity index (χ0v) is 11.9. The molecule has 0 radical (unpaired) electrons. The molecule has 0 saturated heterocycles. The molecule has 0 saturated carbocycles. The number of fused-ring (bicyclic) bond motifs is 1. The number of hydrogen-bond acceptors (Lipinski definition) is 4. The summed E-state index contributed by atoms with van der Waals surface area (Å²) >= 11 is 0. The maximum Gasteiger partial charge on any atom is 0.311 e. The molecule has 0 amide bonds. The maximum absolute atomic E-state index is 10.9. The van der Waals surface area contributed by atoms with Crippen molar-refractivity contribution in [3.63, 3.8) is 0 Å². The van der Waals surface area contributed by atoms with Crippen molar-refractivity contribution in [1.82, 2.24) is 0 Å². The Morgan fingerprint density at radius 1 is 0.955 bits per heavy atom. The van der Waals surface area contributed by atoms with Crippen molar-refractivity contribution in [3.05, 3.63) is 70.8 Å². The quantitative estimate of drug-likeness (QED) is 0.523. The molecule has 0 aliphatic carbocycles. The molecule has 0 N–H and O–H groups in total. The first-order chi connectivity index (χ1) is 10.7. The molecule has 0 heterocycles. The number of benzene rings is 3. The Labute approximate surface area is 126 Å². The van der Waals surface area contributed by atoms with Crippen LogP contribution in [0.25, 0.3) is 10.8 Å². The van der Waals surface area contributed by atoms with Gasteiger partial charge < -0.3 is 9.47 Å². The van der Waals surface area contributed by atoms with E-state index in [0.29, 0.717) is 11.5 Å². The van der Waals surface area contributed by atoms with Gasteiger partial charge in [-0.25, -0.2) is 0 Å². The first-order valence-corrected chi connectivity index (χ1v) is 6.67. The van der Waals surface area contributed by atoms with E-state index in [2.05, 4.69) is 0 Å². The second-order valence-corrected chi connectivity index (χ2v) is 4.67. The summed E-state index contributed by atoms with van der Waals surface area (Å²) in [6.45, 7) is 0. The minimum absolute atomic E-state index is 0.0900. The lowest BCUT2D eigenvalue weighted by Gasteiger charge is -2.10. The van der Waals surface area contributed by atoms with Gasteiger partial charge in [0, 0.05) is 17.5 Å².